The fraction of sp³-hybridized carbons (Fsp3) is 0.638. The maximum Gasteiger partial charge on any atom is 0.256 e. The number of nitrogens with one attached hydrogen (secondary N) is 3. The minimum atomic E-state index is -4.16. The van der Waals surface area contributed by atoms with Crippen molar-refractivity contribution in [2.24, 2.45) is 23.7 Å². The average molecular weight is 914 g/mol. The number of nitrogens with two attached hydrogens (primary N) is 1. The van der Waals surface area contributed by atoms with Crippen LogP contribution < -0.4 is 21.1 Å². The number of nitrogens with zero attached hydrogens (tertiary/aromatic N) is 3. The zero-order chi connectivity index (χ0) is 48.1. The molecule has 0 unspecified atom stereocenters. The number of sulfonamides is 1. The number of ether oxygens (including phenoxy) is 2. The van der Waals surface area contributed by atoms with Gasteiger partial charge in [0, 0.05) is 39.9 Å². The summed E-state index contributed by atoms with van der Waals surface area (Å²) in [4.78, 5) is 75.2. The molecule has 1 aliphatic rings. The summed E-state index contributed by atoms with van der Waals surface area (Å²) in [5, 5.41) is 5.81. The van der Waals surface area contributed by atoms with E-state index in [9.17, 15) is 32.4 Å². The van der Waals surface area contributed by atoms with Gasteiger partial charge in [-0.2, -0.15) is 0 Å². The lowest BCUT2D eigenvalue weighted by Crippen LogP contribution is -2.59. The van der Waals surface area contributed by atoms with Gasteiger partial charge in [0.1, 0.15) is 12.1 Å². The summed E-state index contributed by atoms with van der Waals surface area (Å²) >= 11 is 0. The molecule has 9 atom stereocenters. The Morgan fingerprint density at radius 2 is 1.45 bits per heavy atom. The molecule has 0 aliphatic carbocycles. The van der Waals surface area contributed by atoms with Crippen LogP contribution >= 0.6 is 0 Å². The molecule has 1 saturated heterocycles. The lowest BCUT2D eigenvalue weighted by atomic mass is 9.89. The molecule has 0 aromatic heterocycles. The summed E-state index contributed by atoms with van der Waals surface area (Å²) < 4.78 is 40.4. The summed E-state index contributed by atoms with van der Waals surface area (Å²) in [5.41, 5.74) is 7.35. The van der Waals surface area contributed by atoms with Crippen LogP contribution in [-0.2, 0) is 55.6 Å². The molecule has 2 aromatic rings. The molecular weight excluding hydrogens is 839 g/mol. The van der Waals surface area contributed by atoms with Crippen LogP contribution in [-0.4, -0.2) is 137 Å². The molecule has 5 N–H and O–H groups in total. The van der Waals surface area contributed by atoms with Gasteiger partial charge in [0.2, 0.25) is 33.7 Å². The van der Waals surface area contributed by atoms with Crippen LogP contribution in [0.25, 0.3) is 0 Å². The number of methoxy groups -OCH3 is 2. The molecule has 2 aromatic carbocycles. The fourth-order valence-corrected chi connectivity index (χ4v) is 10.0. The monoisotopic (exact) mass is 914 g/mol. The van der Waals surface area contributed by atoms with Crippen molar-refractivity contribution in [2.75, 3.05) is 47.6 Å². The number of likely N-dealkylation sites (N-methyl/N-ethyl adjacent to an activating group) is 2. The van der Waals surface area contributed by atoms with Crippen LogP contribution in [0.4, 0.5) is 5.69 Å². The Morgan fingerprint density at radius 3 is 1.98 bits per heavy atom. The van der Waals surface area contributed by atoms with Crippen molar-refractivity contribution in [3.05, 3.63) is 65.7 Å². The minimum Gasteiger partial charge on any atom is -0.399 e. The van der Waals surface area contributed by atoms with E-state index in [1.807, 2.05) is 66.6 Å². The molecule has 0 radical (unpaired) electrons. The van der Waals surface area contributed by atoms with Crippen LogP contribution in [0.3, 0.4) is 0 Å². The van der Waals surface area contributed by atoms with Crippen LogP contribution in [0.5, 0.6) is 0 Å². The SMILES string of the molecule is CC[C@@H](C)[C@@H]([C@@H](CC(=O)N1CCC[C@H]1[C@H](OC)[C@@H](C)C(=O)N[C@@H](Cc1ccccc1)C(=O)NS(=O)(=O)Cc1ccc(N)cc1)OC)N(C)C(=O)[C@@H](NC(=O)[C@H](C(C)C)N(C)C)C(C)C. The first kappa shape index (κ1) is 53.8. The van der Waals surface area contributed by atoms with Gasteiger partial charge in [0.05, 0.1) is 48.4 Å². The average Bonchev–Trinajstić information content (AvgIpc) is 3.72. The van der Waals surface area contributed by atoms with Gasteiger partial charge in [0.25, 0.3) is 5.91 Å². The highest BCUT2D eigenvalue weighted by Crippen LogP contribution is 2.30. The van der Waals surface area contributed by atoms with E-state index in [0.717, 1.165) is 0 Å². The van der Waals surface area contributed by atoms with E-state index in [0.29, 0.717) is 42.6 Å². The maximum absolute atomic E-state index is 14.4. The van der Waals surface area contributed by atoms with Crippen molar-refractivity contribution in [3.8, 4) is 0 Å². The Balaban J connectivity index is 1.82. The van der Waals surface area contributed by atoms with Gasteiger partial charge in [-0.05, 0) is 68.0 Å². The van der Waals surface area contributed by atoms with E-state index >= 15 is 0 Å². The maximum atomic E-state index is 14.4. The molecule has 358 valence electrons. The summed E-state index contributed by atoms with van der Waals surface area (Å²) in [5.74, 6) is -3.83. The first-order chi connectivity index (χ1) is 30.1. The predicted octanol–water partition coefficient (Wildman–Crippen LogP) is 3.59. The van der Waals surface area contributed by atoms with E-state index in [2.05, 4.69) is 15.4 Å². The summed E-state index contributed by atoms with van der Waals surface area (Å²) in [7, 11) is 4.20. The van der Waals surface area contributed by atoms with Gasteiger partial charge in [-0.1, -0.05) is 97.4 Å². The van der Waals surface area contributed by atoms with Crippen molar-refractivity contribution in [1.82, 2.24) is 30.1 Å². The van der Waals surface area contributed by atoms with Crippen LogP contribution in [0.2, 0.25) is 0 Å². The third kappa shape index (κ3) is 14.7. The molecule has 0 bridgehead atoms. The smallest absolute Gasteiger partial charge is 0.256 e. The van der Waals surface area contributed by atoms with Gasteiger partial charge < -0.3 is 35.6 Å². The Labute approximate surface area is 381 Å². The molecule has 64 heavy (non-hydrogen) atoms. The Hall–Kier alpha value is -4.58. The highest BCUT2D eigenvalue weighted by Gasteiger charge is 2.43. The molecule has 1 heterocycles. The highest BCUT2D eigenvalue weighted by atomic mass is 32.2. The Bertz CT molecular complexity index is 1940. The lowest BCUT2D eigenvalue weighted by Gasteiger charge is -2.41. The second-order valence-corrected chi connectivity index (χ2v) is 19.9. The van der Waals surface area contributed by atoms with Gasteiger partial charge in [0.15, 0.2) is 0 Å². The van der Waals surface area contributed by atoms with Gasteiger partial charge >= 0.3 is 0 Å². The largest absolute Gasteiger partial charge is 0.399 e. The number of amides is 5. The number of benzene rings is 2. The van der Waals surface area contributed by atoms with E-state index in [-0.39, 0.29) is 48.3 Å². The molecule has 3 rings (SSSR count). The van der Waals surface area contributed by atoms with E-state index in [1.54, 1.807) is 72.3 Å². The number of likely N-dealkylation sites (tertiary alicyclic amines) is 1. The van der Waals surface area contributed by atoms with E-state index in [1.165, 1.54) is 14.2 Å². The van der Waals surface area contributed by atoms with Crippen molar-refractivity contribution >= 4 is 45.2 Å². The summed E-state index contributed by atoms with van der Waals surface area (Å²) in [6.07, 6.45) is 0.346. The highest BCUT2D eigenvalue weighted by molar-refractivity contribution is 7.89. The first-order valence-electron chi connectivity index (χ1n) is 22.4. The number of carbonyl (C=O) groups excluding carboxylic acids is 5. The Morgan fingerprint density at radius 1 is 0.828 bits per heavy atom. The second-order valence-electron chi connectivity index (χ2n) is 18.2. The third-order valence-corrected chi connectivity index (χ3v) is 13.7. The first-order valence-corrected chi connectivity index (χ1v) is 24.0. The molecule has 16 nitrogen and oxygen atoms in total. The quantitative estimate of drug-likeness (QED) is 0.112. The van der Waals surface area contributed by atoms with Crippen molar-refractivity contribution in [3.63, 3.8) is 0 Å². The molecule has 0 saturated carbocycles. The van der Waals surface area contributed by atoms with Gasteiger partial charge in [-0.3, -0.25) is 33.6 Å². The second kappa shape index (κ2) is 24.6. The topological polar surface area (TPSA) is 210 Å². The van der Waals surface area contributed by atoms with Crippen LogP contribution in [0.1, 0.15) is 85.3 Å². The number of carbonyl (C=O) groups is 5. The molecule has 5 amide bonds. The number of nitrogen functional groups attached to an aromatic ring is 1. The van der Waals surface area contributed by atoms with Crippen molar-refractivity contribution in [2.45, 2.75) is 129 Å². The fourth-order valence-electron chi connectivity index (χ4n) is 8.87. The molecule has 1 fully saturated rings. The molecular formula is C47H75N7O9S. The standard InChI is InChI=1S/C47H75N7O9S/c1-13-31(6)42(53(10)47(59)40(29(2)3)50-46(58)41(30(4)5)52(8)9)38(62-11)27-39(55)54-25-17-20-37(54)43(63-12)32(7)44(56)49-36(26-33-18-15-14-16-19-33)45(57)51-64(60,61)28-34-21-23-35(48)24-22-34/h14-16,18-19,21-24,29-32,36-38,40-43H,13,17,20,25-28,48H2,1-12H3,(H,49,56)(H,50,58)(H,51,57)/t31-,32-,36+,37+,38-,40+,41+,42+,43-/m1/s1. The van der Waals surface area contributed by atoms with Gasteiger partial charge in [-0.25, -0.2) is 8.42 Å². The molecule has 1 aliphatic heterocycles. The lowest BCUT2D eigenvalue weighted by molar-refractivity contribution is -0.148. The number of rotatable bonds is 24. The molecule has 17 heteroatoms. The van der Waals surface area contributed by atoms with Gasteiger partial charge in [-0.15, -0.1) is 0 Å². The van der Waals surface area contributed by atoms with Crippen molar-refractivity contribution < 1.29 is 41.9 Å². The predicted molar refractivity (Wildman–Crippen MR) is 249 cm³/mol. The zero-order valence-electron chi connectivity index (χ0n) is 40.0. The van der Waals surface area contributed by atoms with E-state index in [4.69, 9.17) is 15.2 Å². The third-order valence-electron chi connectivity index (χ3n) is 12.5. The zero-order valence-corrected chi connectivity index (χ0v) is 40.8. The summed E-state index contributed by atoms with van der Waals surface area (Å²) in [6, 6.07) is 11.7. The van der Waals surface area contributed by atoms with Crippen LogP contribution in [0, 0.1) is 23.7 Å². The number of anilines is 1. The number of hydrogen-bond donors (Lipinski definition) is 4. The normalized spacial score (nSPS) is 18.1. The van der Waals surface area contributed by atoms with Crippen LogP contribution in [0.15, 0.2) is 54.6 Å². The number of hydrogen-bond acceptors (Lipinski definition) is 11. The Kier molecular flexibility index (Phi) is 20.7. The minimum absolute atomic E-state index is 0.0121. The van der Waals surface area contributed by atoms with E-state index < -0.39 is 75.9 Å². The molecule has 0 spiro atoms. The summed E-state index contributed by atoms with van der Waals surface area (Å²) in [6.45, 7) is 13.8. The van der Waals surface area contributed by atoms with Crippen molar-refractivity contribution in [1.29, 1.82) is 0 Å².